The van der Waals surface area contributed by atoms with E-state index in [1.54, 1.807) is 25.3 Å². The van der Waals surface area contributed by atoms with Crippen LogP contribution >= 0.6 is 0 Å². The van der Waals surface area contributed by atoms with Gasteiger partial charge in [0.2, 0.25) is 5.91 Å². The molecule has 5 nitrogen and oxygen atoms in total. The number of methoxy groups -OCH3 is 1. The maximum absolute atomic E-state index is 11.8. The largest absolute Gasteiger partial charge is 0.497 e. The summed E-state index contributed by atoms with van der Waals surface area (Å²) in [5, 5.41) is 2.69. The number of aromatic nitrogens is 1. The Labute approximate surface area is 123 Å². The molecule has 0 fully saturated rings. The van der Waals surface area contributed by atoms with Gasteiger partial charge in [0.25, 0.3) is 0 Å². The smallest absolute Gasteiger partial charge is 0.249 e. The Kier molecular flexibility index (Phi) is 5.06. The highest BCUT2D eigenvalue weighted by atomic mass is 16.5. The number of anilines is 1. The summed E-state index contributed by atoms with van der Waals surface area (Å²) in [4.78, 5) is 16.0. The molecule has 2 aromatic rings. The zero-order chi connectivity index (χ0) is 15.1. The summed E-state index contributed by atoms with van der Waals surface area (Å²) in [6.45, 7) is 0.337. The van der Waals surface area contributed by atoms with Crippen molar-refractivity contribution in [1.82, 2.24) is 4.98 Å². The van der Waals surface area contributed by atoms with Crippen LogP contribution in [-0.4, -0.2) is 18.0 Å². The number of nitrogens with two attached hydrogens (primary N) is 1. The summed E-state index contributed by atoms with van der Waals surface area (Å²) in [7, 11) is 1.60. The summed E-state index contributed by atoms with van der Waals surface area (Å²) in [6.07, 6.45) is 3.16. The van der Waals surface area contributed by atoms with Crippen LogP contribution in [0.2, 0.25) is 0 Å². The van der Waals surface area contributed by atoms with Crippen molar-refractivity contribution in [1.29, 1.82) is 0 Å². The average molecular weight is 283 g/mol. The third kappa shape index (κ3) is 4.43. The van der Waals surface area contributed by atoms with Crippen LogP contribution in [0.25, 0.3) is 6.08 Å². The number of ether oxygens (including phenoxy) is 1. The fourth-order valence-electron chi connectivity index (χ4n) is 1.75. The zero-order valence-electron chi connectivity index (χ0n) is 11.7. The highest BCUT2D eigenvalue weighted by molar-refractivity contribution is 6.01. The first-order chi connectivity index (χ1) is 10.2. The van der Waals surface area contributed by atoms with Crippen molar-refractivity contribution in [2.45, 2.75) is 6.54 Å². The van der Waals surface area contributed by atoms with Gasteiger partial charge >= 0.3 is 0 Å². The highest BCUT2D eigenvalue weighted by Crippen LogP contribution is 2.13. The number of hydrogen-bond donors (Lipinski definition) is 2. The Morgan fingerprint density at radius 1 is 1.33 bits per heavy atom. The lowest BCUT2D eigenvalue weighted by Crippen LogP contribution is -2.10. The van der Waals surface area contributed by atoms with Crippen LogP contribution in [0.4, 0.5) is 5.82 Å². The van der Waals surface area contributed by atoms with Crippen LogP contribution < -0.4 is 15.8 Å². The van der Waals surface area contributed by atoms with Gasteiger partial charge in [-0.05, 0) is 35.9 Å². The molecule has 0 radical (unpaired) electrons. The molecule has 0 aliphatic heterocycles. The third-order valence-corrected chi connectivity index (χ3v) is 2.79. The van der Waals surface area contributed by atoms with E-state index in [9.17, 15) is 4.79 Å². The lowest BCUT2D eigenvalue weighted by Gasteiger charge is -2.03. The molecule has 0 bridgehead atoms. The minimum atomic E-state index is -0.250. The van der Waals surface area contributed by atoms with E-state index in [1.807, 2.05) is 30.3 Å². The van der Waals surface area contributed by atoms with Crippen LogP contribution in [-0.2, 0) is 11.3 Å². The van der Waals surface area contributed by atoms with Crippen molar-refractivity contribution in [2.75, 3.05) is 12.4 Å². The molecule has 3 N–H and O–H groups in total. The van der Waals surface area contributed by atoms with Crippen molar-refractivity contribution in [3.63, 3.8) is 0 Å². The van der Waals surface area contributed by atoms with Crippen LogP contribution in [0, 0.1) is 0 Å². The number of carbonyl (C=O) groups is 1. The van der Waals surface area contributed by atoms with Gasteiger partial charge in [0.1, 0.15) is 11.6 Å². The van der Waals surface area contributed by atoms with Crippen LogP contribution in [0.3, 0.4) is 0 Å². The van der Waals surface area contributed by atoms with Crippen LogP contribution in [0.5, 0.6) is 5.75 Å². The Morgan fingerprint density at radius 2 is 2.14 bits per heavy atom. The van der Waals surface area contributed by atoms with E-state index < -0.39 is 0 Å². The molecule has 0 atom stereocenters. The van der Waals surface area contributed by atoms with E-state index in [0.717, 1.165) is 17.0 Å². The van der Waals surface area contributed by atoms with Gasteiger partial charge in [-0.25, -0.2) is 4.98 Å². The molecule has 5 heteroatoms. The number of amides is 1. The lowest BCUT2D eigenvalue weighted by atomic mass is 10.2. The Bertz CT molecular complexity index is 653. The summed E-state index contributed by atoms with van der Waals surface area (Å²) < 4.78 is 5.13. The number of hydrogen-bond acceptors (Lipinski definition) is 4. The van der Waals surface area contributed by atoms with Crippen molar-refractivity contribution >= 4 is 17.8 Å². The summed E-state index contributed by atoms with van der Waals surface area (Å²) in [6, 6.07) is 12.8. The molecular formula is C16H17N3O2. The van der Waals surface area contributed by atoms with E-state index in [-0.39, 0.29) is 5.91 Å². The SMILES string of the molecule is COc1cccc(/C=C/C(=O)Nc2cccc(CN)n2)c1. The van der Waals surface area contributed by atoms with Gasteiger partial charge in [-0.15, -0.1) is 0 Å². The number of benzene rings is 1. The van der Waals surface area contributed by atoms with Gasteiger partial charge in [0, 0.05) is 12.6 Å². The second kappa shape index (κ2) is 7.21. The summed E-state index contributed by atoms with van der Waals surface area (Å²) in [5.41, 5.74) is 7.12. The van der Waals surface area contributed by atoms with Crippen molar-refractivity contribution in [3.8, 4) is 5.75 Å². The molecule has 1 heterocycles. The molecular weight excluding hydrogens is 266 g/mol. The van der Waals surface area contributed by atoms with Crippen LogP contribution in [0.15, 0.2) is 48.5 Å². The minimum absolute atomic E-state index is 0.250. The molecule has 0 aliphatic carbocycles. The Balaban J connectivity index is 2.01. The molecule has 2 rings (SSSR count). The van der Waals surface area contributed by atoms with Gasteiger partial charge in [0.15, 0.2) is 0 Å². The third-order valence-electron chi connectivity index (χ3n) is 2.79. The monoisotopic (exact) mass is 283 g/mol. The zero-order valence-corrected chi connectivity index (χ0v) is 11.7. The molecule has 0 saturated carbocycles. The maximum Gasteiger partial charge on any atom is 0.249 e. The first kappa shape index (κ1) is 14.7. The topological polar surface area (TPSA) is 77.2 Å². The standard InChI is InChI=1S/C16H17N3O2/c1-21-14-6-2-4-12(10-14)8-9-16(20)19-15-7-3-5-13(11-17)18-15/h2-10H,11,17H2,1H3,(H,18,19,20)/b9-8+. The van der Waals surface area contributed by atoms with Crippen LogP contribution in [0.1, 0.15) is 11.3 Å². The average Bonchev–Trinajstić information content (AvgIpc) is 2.53. The van der Waals surface area contributed by atoms with E-state index in [4.69, 9.17) is 10.5 Å². The maximum atomic E-state index is 11.8. The van der Waals surface area contributed by atoms with Gasteiger partial charge in [-0.1, -0.05) is 18.2 Å². The molecule has 21 heavy (non-hydrogen) atoms. The van der Waals surface area contributed by atoms with Crippen molar-refractivity contribution in [2.24, 2.45) is 5.73 Å². The van der Waals surface area contributed by atoms with Gasteiger partial charge in [0.05, 0.1) is 12.8 Å². The molecule has 0 saturated heterocycles. The van der Waals surface area contributed by atoms with Crippen molar-refractivity contribution in [3.05, 3.63) is 59.8 Å². The molecule has 1 aromatic heterocycles. The van der Waals surface area contributed by atoms with Gasteiger partial charge in [-0.2, -0.15) is 0 Å². The minimum Gasteiger partial charge on any atom is -0.497 e. The predicted octanol–water partition coefficient (Wildman–Crippen LogP) is 2.20. The molecule has 1 aromatic carbocycles. The van der Waals surface area contributed by atoms with E-state index in [1.165, 1.54) is 6.08 Å². The fourth-order valence-corrected chi connectivity index (χ4v) is 1.75. The summed E-state index contributed by atoms with van der Waals surface area (Å²) >= 11 is 0. The first-order valence-corrected chi connectivity index (χ1v) is 6.50. The molecule has 0 aliphatic rings. The summed E-state index contributed by atoms with van der Waals surface area (Å²) in [5.74, 6) is 0.979. The van der Waals surface area contributed by atoms with E-state index in [0.29, 0.717) is 12.4 Å². The lowest BCUT2D eigenvalue weighted by molar-refractivity contribution is -0.111. The quantitative estimate of drug-likeness (QED) is 0.825. The second-order valence-electron chi connectivity index (χ2n) is 4.32. The molecule has 0 unspecified atom stereocenters. The number of rotatable bonds is 5. The predicted molar refractivity (Wildman–Crippen MR) is 82.8 cm³/mol. The number of nitrogens with one attached hydrogen (secondary N) is 1. The number of nitrogens with zero attached hydrogens (tertiary/aromatic N) is 1. The van der Waals surface area contributed by atoms with Crippen molar-refractivity contribution < 1.29 is 9.53 Å². The number of carbonyl (C=O) groups excluding carboxylic acids is 1. The fraction of sp³-hybridized carbons (Fsp3) is 0.125. The Morgan fingerprint density at radius 3 is 2.90 bits per heavy atom. The molecule has 0 spiro atoms. The number of pyridine rings is 1. The highest BCUT2D eigenvalue weighted by Gasteiger charge is 2.00. The normalized spacial score (nSPS) is 10.6. The second-order valence-corrected chi connectivity index (χ2v) is 4.32. The van der Waals surface area contributed by atoms with Gasteiger partial charge < -0.3 is 15.8 Å². The van der Waals surface area contributed by atoms with E-state index in [2.05, 4.69) is 10.3 Å². The Hall–Kier alpha value is -2.66. The van der Waals surface area contributed by atoms with E-state index >= 15 is 0 Å². The molecule has 108 valence electrons. The molecule has 1 amide bonds. The van der Waals surface area contributed by atoms with Gasteiger partial charge in [-0.3, -0.25) is 4.79 Å². The first-order valence-electron chi connectivity index (χ1n) is 6.50.